The Balaban J connectivity index is 1.60. The molecule has 0 unspecified atom stereocenters. The van der Waals surface area contributed by atoms with E-state index in [1.54, 1.807) is 41.6 Å². The molecule has 2 heterocycles. The highest BCUT2D eigenvalue weighted by Crippen LogP contribution is 2.29. The van der Waals surface area contributed by atoms with E-state index >= 15 is 0 Å². The molecule has 2 aliphatic rings. The lowest BCUT2D eigenvalue weighted by atomic mass is 9.96. The third-order valence-electron chi connectivity index (χ3n) is 9.04. The summed E-state index contributed by atoms with van der Waals surface area (Å²) in [6.45, 7) is 5.97. The summed E-state index contributed by atoms with van der Waals surface area (Å²) in [5, 5.41) is 16.1. The van der Waals surface area contributed by atoms with E-state index in [1.165, 1.54) is 30.3 Å². The second kappa shape index (κ2) is 16.8. The fourth-order valence-corrected chi connectivity index (χ4v) is 7.24. The van der Waals surface area contributed by atoms with Gasteiger partial charge in [0.05, 0.1) is 36.7 Å². The Morgan fingerprint density at radius 2 is 1.87 bits per heavy atom. The molecule has 1 aliphatic heterocycles. The smallest absolute Gasteiger partial charge is 0.319 e. The minimum absolute atomic E-state index is 0.0515. The third kappa shape index (κ3) is 9.91. The molecule has 0 radical (unpaired) electrons. The average Bonchev–Trinajstić information content (AvgIpc) is 3.49. The first-order valence-corrected chi connectivity index (χ1v) is 18.2. The van der Waals surface area contributed by atoms with E-state index in [0.29, 0.717) is 24.5 Å². The van der Waals surface area contributed by atoms with Crippen LogP contribution in [0.15, 0.2) is 35.7 Å². The van der Waals surface area contributed by atoms with E-state index in [9.17, 15) is 23.1 Å². The number of aliphatic hydroxyl groups excluding tert-OH is 1. The van der Waals surface area contributed by atoms with Crippen molar-refractivity contribution >= 4 is 27.6 Å². The number of sulfonamides is 1. The van der Waals surface area contributed by atoms with Gasteiger partial charge in [-0.2, -0.15) is 4.31 Å². The molecule has 3 N–H and O–H groups in total. The lowest BCUT2D eigenvalue weighted by Crippen LogP contribution is -2.48. The highest BCUT2D eigenvalue weighted by Gasteiger charge is 2.33. The minimum Gasteiger partial charge on any atom is -0.490 e. The number of imidazole rings is 1. The highest BCUT2D eigenvalue weighted by atomic mass is 32.2. The van der Waals surface area contributed by atoms with E-state index in [1.807, 2.05) is 13.8 Å². The number of urea groups is 1. The van der Waals surface area contributed by atoms with Crippen LogP contribution in [0.3, 0.4) is 0 Å². The Kier molecular flexibility index (Phi) is 13.1. The molecule has 4 rings (SSSR count). The SMILES string of the molecule is C[C@@H]1CN([C@@H](C)CO)C(=O)c2cc(NC(=O)NC3CCCCC3)ccc2O[C@@H](C)CCCCO[C@H]1CN(C)S(=O)(=O)c1cn(C)cn1. The van der Waals surface area contributed by atoms with Crippen LogP contribution in [-0.4, -0.2) is 102 Å². The van der Waals surface area contributed by atoms with Crippen molar-refractivity contribution in [2.24, 2.45) is 13.0 Å². The zero-order valence-electron chi connectivity index (χ0n) is 28.4. The van der Waals surface area contributed by atoms with E-state index in [-0.39, 0.29) is 60.3 Å². The van der Waals surface area contributed by atoms with Crippen molar-refractivity contribution in [1.82, 2.24) is 24.1 Å². The van der Waals surface area contributed by atoms with Crippen LogP contribution in [0.2, 0.25) is 0 Å². The first kappa shape index (κ1) is 36.6. The maximum Gasteiger partial charge on any atom is 0.319 e. The number of carbonyl (C=O) groups excluding carboxylic acids is 2. The second-order valence-electron chi connectivity index (χ2n) is 13.1. The molecular formula is C33H52N6O7S. The number of hydrogen-bond donors (Lipinski definition) is 3. The van der Waals surface area contributed by atoms with Gasteiger partial charge in [0.15, 0.2) is 5.03 Å². The molecule has 14 heteroatoms. The van der Waals surface area contributed by atoms with Crippen LogP contribution in [0.4, 0.5) is 10.5 Å². The number of rotatable bonds is 8. The average molecular weight is 677 g/mol. The normalized spacial score (nSPS) is 23.0. The first-order chi connectivity index (χ1) is 22.4. The van der Waals surface area contributed by atoms with Gasteiger partial charge in [0.2, 0.25) is 0 Å². The molecule has 1 aromatic carbocycles. The van der Waals surface area contributed by atoms with Gasteiger partial charge >= 0.3 is 6.03 Å². The van der Waals surface area contributed by atoms with Gasteiger partial charge in [-0.15, -0.1) is 0 Å². The van der Waals surface area contributed by atoms with Gasteiger partial charge in [-0.1, -0.05) is 26.2 Å². The molecule has 3 amide bonds. The summed E-state index contributed by atoms with van der Waals surface area (Å²) in [6.07, 6.45) is 9.67. The van der Waals surface area contributed by atoms with Crippen molar-refractivity contribution in [1.29, 1.82) is 0 Å². The number of fused-ring (bicyclic) bond motifs is 1. The van der Waals surface area contributed by atoms with Crippen LogP contribution in [-0.2, 0) is 21.8 Å². The number of nitrogens with zero attached hydrogens (tertiary/aromatic N) is 4. The molecule has 0 bridgehead atoms. The maximum absolute atomic E-state index is 14.3. The van der Waals surface area contributed by atoms with Crippen LogP contribution >= 0.6 is 0 Å². The number of hydrogen-bond acceptors (Lipinski definition) is 8. The number of anilines is 1. The summed E-state index contributed by atoms with van der Waals surface area (Å²) in [6, 6.07) is 4.30. The monoisotopic (exact) mass is 676 g/mol. The van der Waals surface area contributed by atoms with Crippen LogP contribution in [0.25, 0.3) is 0 Å². The molecule has 1 aliphatic carbocycles. The van der Waals surface area contributed by atoms with E-state index < -0.39 is 22.2 Å². The van der Waals surface area contributed by atoms with Gasteiger partial charge < -0.3 is 34.7 Å². The van der Waals surface area contributed by atoms with Crippen molar-refractivity contribution in [3.8, 4) is 5.75 Å². The molecule has 1 saturated carbocycles. The minimum atomic E-state index is -3.87. The molecule has 4 atom stereocenters. The fraction of sp³-hybridized carbons (Fsp3) is 0.667. The zero-order chi connectivity index (χ0) is 34.1. The molecule has 47 heavy (non-hydrogen) atoms. The standard InChI is InChI=1S/C33H52N6O7S/c1-23-18-39(24(2)21-40)32(41)28-17-27(36-33(42)35-26-12-7-6-8-13-26)14-15-29(28)46-25(3)11-9-10-16-45-30(23)19-38(5)47(43,44)31-20-37(4)22-34-31/h14-15,17,20,22-26,30,40H,6-13,16,18-19,21H2,1-5H3,(H2,35,36,42)/t23-,24+,25+,30+/m1/s1. The predicted molar refractivity (Wildman–Crippen MR) is 179 cm³/mol. The van der Waals surface area contributed by atoms with Crippen molar-refractivity contribution in [3.63, 3.8) is 0 Å². The third-order valence-corrected chi connectivity index (χ3v) is 10.8. The fourth-order valence-electron chi connectivity index (χ4n) is 6.10. The molecule has 262 valence electrons. The van der Waals surface area contributed by atoms with E-state index in [4.69, 9.17) is 9.47 Å². The van der Waals surface area contributed by atoms with Gasteiger partial charge in [-0.05, 0) is 64.2 Å². The molecule has 0 spiro atoms. The Bertz CT molecular complexity index is 1440. The summed E-state index contributed by atoms with van der Waals surface area (Å²) < 4.78 is 42.0. The van der Waals surface area contributed by atoms with E-state index in [2.05, 4.69) is 15.6 Å². The lowest BCUT2D eigenvalue weighted by Gasteiger charge is -2.35. The summed E-state index contributed by atoms with van der Waals surface area (Å²) in [4.78, 5) is 32.8. The number of ether oxygens (including phenoxy) is 2. The van der Waals surface area contributed by atoms with Crippen LogP contribution < -0.4 is 15.4 Å². The molecule has 1 aromatic heterocycles. The highest BCUT2D eigenvalue weighted by molar-refractivity contribution is 7.89. The Labute approximate surface area is 279 Å². The summed E-state index contributed by atoms with van der Waals surface area (Å²) >= 11 is 0. The van der Waals surface area contributed by atoms with Gasteiger partial charge in [-0.3, -0.25) is 4.79 Å². The number of benzene rings is 1. The summed E-state index contributed by atoms with van der Waals surface area (Å²) in [5.41, 5.74) is 0.721. The molecule has 1 fully saturated rings. The van der Waals surface area contributed by atoms with Crippen LogP contribution in [0.1, 0.15) is 82.5 Å². The van der Waals surface area contributed by atoms with Crippen LogP contribution in [0.5, 0.6) is 5.75 Å². The topological polar surface area (TPSA) is 155 Å². The van der Waals surface area contributed by atoms with Crippen LogP contribution in [0, 0.1) is 5.92 Å². The lowest BCUT2D eigenvalue weighted by molar-refractivity contribution is -0.00835. The Hall–Kier alpha value is -3.20. The van der Waals surface area contributed by atoms with Crippen molar-refractivity contribution in [2.45, 2.75) is 101 Å². The molecule has 0 saturated heterocycles. The Morgan fingerprint density at radius 3 is 2.55 bits per heavy atom. The van der Waals surface area contributed by atoms with Gasteiger partial charge in [0.25, 0.3) is 15.9 Å². The summed E-state index contributed by atoms with van der Waals surface area (Å²) in [7, 11) is -0.669. The van der Waals surface area contributed by atoms with E-state index in [0.717, 1.165) is 38.5 Å². The number of aromatic nitrogens is 2. The number of amides is 3. The first-order valence-electron chi connectivity index (χ1n) is 16.7. The van der Waals surface area contributed by atoms with Crippen molar-refractivity contribution < 1.29 is 32.6 Å². The predicted octanol–water partition coefficient (Wildman–Crippen LogP) is 3.99. The largest absolute Gasteiger partial charge is 0.490 e. The molecule has 13 nitrogen and oxygen atoms in total. The quantitative estimate of drug-likeness (QED) is 0.379. The Morgan fingerprint density at radius 1 is 1.15 bits per heavy atom. The number of likely N-dealkylation sites (N-methyl/N-ethyl adjacent to an activating group) is 1. The molecular weight excluding hydrogens is 624 g/mol. The maximum atomic E-state index is 14.3. The zero-order valence-corrected chi connectivity index (χ0v) is 29.2. The number of aliphatic hydroxyl groups is 1. The second-order valence-corrected chi connectivity index (χ2v) is 15.1. The summed E-state index contributed by atoms with van der Waals surface area (Å²) in [5.74, 6) is -0.292. The molecule has 2 aromatic rings. The van der Waals surface area contributed by atoms with Gasteiger partial charge in [0, 0.05) is 57.6 Å². The number of carbonyl (C=O) groups is 2. The van der Waals surface area contributed by atoms with Crippen molar-refractivity contribution in [3.05, 3.63) is 36.3 Å². The van der Waals surface area contributed by atoms with Gasteiger partial charge in [0.1, 0.15) is 5.75 Å². The number of nitrogens with one attached hydrogen (secondary N) is 2. The van der Waals surface area contributed by atoms with Gasteiger partial charge in [-0.25, -0.2) is 18.2 Å². The number of aryl methyl sites for hydroxylation is 1. The van der Waals surface area contributed by atoms with Crippen molar-refractivity contribution in [2.75, 3.05) is 38.7 Å².